The molecule has 0 aliphatic rings. The Balaban J connectivity index is 2.51. The van der Waals surface area contributed by atoms with Gasteiger partial charge in [0.15, 0.2) is 6.29 Å². The molecule has 1 heterocycles. The minimum absolute atomic E-state index is 0.212. The summed E-state index contributed by atoms with van der Waals surface area (Å²) in [5.74, 6) is 0. The maximum atomic E-state index is 10.5. The third kappa shape index (κ3) is 2.40. The van der Waals surface area contributed by atoms with Crippen LogP contribution in [0.2, 0.25) is 0 Å². The Morgan fingerprint density at radius 1 is 1.19 bits per heavy atom. The van der Waals surface area contributed by atoms with Crippen LogP contribution in [0.3, 0.4) is 0 Å². The topological polar surface area (TPSA) is 17.1 Å². The first-order valence-corrected chi connectivity index (χ1v) is 6.02. The van der Waals surface area contributed by atoms with Crippen LogP contribution in [0.4, 0.5) is 0 Å². The summed E-state index contributed by atoms with van der Waals surface area (Å²) in [6, 6.07) is 11.9. The summed E-state index contributed by atoms with van der Waals surface area (Å²) in [5, 5.41) is 2.24. The Kier molecular flexibility index (Phi) is 3.54. The number of carbonyl (C=O) groups excluding carboxylic acids is 1. The lowest BCUT2D eigenvalue weighted by Gasteiger charge is -2.02. The van der Waals surface area contributed by atoms with Crippen molar-refractivity contribution in [1.29, 1.82) is 0 Å². The van der Waals surface area contributed by atoms with Crippen LogP contribution in [0.15, 0.2) is 46.8 Å². The van der Waals surface area contributed by atoms with Crippen LogP contribution in [-0.4, -0.2) is 6.29 Å². The van der Waals surface area contributed by atoms with Gasteiger partial charge >= 0.3 is 0 Å². The lowest BCUT2D eigenvalue weighted by atomic mass is 10.1. The minimum atomic E-state index is 0.212. The normalized spacial score (nSPS) is 11.4. The predicted molar refractivity (Wildman–Crippen MR) is 69.6 cm³/mol. The predicted octanol–water partition coefficient (Wildman–Crippen LogP) is 4.19. The van der Waals surface area contributed by atoms with E-state index in [4.69, 9.17) is 11.6 Å². The monoisotopic (exact) mass is 248 g/mol. The molecule has 1 nitrogen and oxygen atoms in total. The van der Waals surface area contributed by atoms with Gasteiger partial charge in [0.2, 0.25) is 0 Å². The lowest BCUT2D eigenvalue weighted by molar-refractivity contribution is -0.104. The van der Waals surface area contributed by atoms with Crippen molar-refractivity contribution in [1.82, 2.24) is 0 Å². The van der Waals surface area contributed by atoms with Crippen LogP contribution in [0.25, 0.3) is 16.5 Å². The highest BCUT2D eigenvalue weighted by atomic mass is 35.5. The van der Waals surface area contributed by atoms with Crippen LogP contribution in [0.5, 0.6) is 0 Å². The second kappa shape index (κ2) is 5.10. The fourth-order valence-corrected chi connectivity index (χ4v) is 2.35. The molecule has 1 aromatic carbocycles. The summed E-state index contributed by atoms with van der Waals surface area (Å²) >= 11 is 7.39. The Morgan fingerprint density at radius 2 is 2.00 bits per heavy atom. The number of hydrogen-bond donors (Lipinski definition) is 0. The summed E-state index contributed by atoms with van der Waals surface area (Å²) < 4.78 is 0. The first-order chi connectivity index (χ1) is 7.81. The zero-order chi connectivity index (χ0) is 11.4. The molecule has 0 fully saturated rings. The smallest absolute Gasteiger partial charge is 0.161 e. The van der Waals surface area contributed by atoms with Crippen LogP contribution >= 0.6 is 22.9 Å². The quantitative estimate of drug-likeness (QED) is 0.588. The van der Waals surface area contributed by atoms with E-state index in [0.29, 0.717) is 6.29 Å². The van der Waals surface area contributed by atoms with Gasteiger partial charge in [-0.05, 0) is 28.6 Å². The molecular formula is C13H9ClOS. The molecule has 0 radical (unpaired) electrons. The summed E-state index contributed by atoms with van der Waals surface area (Å²) in [5.41, 5.74) is 2.06. The molecule has 2 rings (SSSR count). The Labute approximate surface area is 103 Å². The van der Waals surface area contributed by atoms with Gasteiger partial charge < -0.3 is 0 Å². The second-order valence-corrected chi connectivity index (χ2v) is 4.60. The van der Waals surface area contributed by atoms with Crippen molar-refractivity contribution in [2.75, 3.05) is 0 Å². The van der Waals surface area contributed by atoms with Crippen molar-refractivity contribution in [2.24, 2.45) is 0 Å². The van der Waals surface area contributed by atoms with E-state index in [-0.39, 0.29) is 5.03 Å². The Hall–Kier alpha value is -1.38. The molecule has 0 atom stereocenters. The number of carbonyl (C=O) groups is 1. The van der Waals surface area contributed by atoms with Gasteiger partial charge in [0.05, 0.1) is 5.03 Å². The van der Waals surface area contributed by atoms with Crippen LogP contribution in [0.1, 0.15) is 5.56 Å². The third-order valence-corrected chi connectivity index (χ3v) is 3.25. The Morgan fingerprint density at radius 3 is 2.69 bits per heavy atom. The van der Waals surface area contributed by atoms with Gasteiger partial charge in [-0.3, -0.25) is 4.79 Å². The molecule has 16 heavy (non-hydrogen) atoms. The molecule has 0 N–H and O–H groups in total. The fourth-order valence-electron chi connectivity index (χ4n) is 1.46. The van der Waals surface area contributed by atoms with Gasteiger partial charge in [0.1, 0.15) is 0 Å². The van der Waals surface area contributed by atoms with E-state index >= 15 is 0 Å². The number of halogens is 1. The van der Waals surface area contributed by atoms with E-state index in [1.807, 2.05) is 41.8 Å². The van der Waals surface area contributed by atoms with E-state index in [1.165, 1.54) is 4.88 Å². The van der Waals surface area contributed by atoms with Crippen molar-refractivity contribution in [2.45, 2.75) is 0 Å². The molecule has 2 aromatic rings. The number of aldehydes is 1. The zero-order valence-corrected chi connectivity index (χ0v) is 9.96. The van der Waals surface area contributed by atoms with Crippen LogP contribution in [-0.2, 0) is 4.79 Å². The van der Waals surface area contributed by atoms with E-state index in [0.717, 1.165) is 11.1 Å². The van der Waals surface area contributed by atoms with Crippen LogP contribution < -0.4 is 0 Å². The number of benzene rings is 1. The van der Waals surface area contributed by atoms with E-state index < -0.39 is 0 Å². The minimum Gasteiger partial charge on any atom is -0.297 e. The number of rotatable bonds is 3. The van der Waals surface area contributed by atoms with Gasteiger partial charge in [0, 0.05) is 4.88 Å². The number of allylic oxidation sites excluding steroid dienone is 1. The molecule has 0 aliphatic carbocycles. The molecule has 0 spiro atoms. The van der Waals surface area contributed by atoms with Gasteiger partial charge in [-0.15, -0.1) is 11.3 Å². The SMILES string of the molecule is O=C/C(Cl)=C/c1ccccc1-c1cccs1. The first-order valence-electron chi connectivity index (χ1n) is 4.76. The maximum absolute atomic E-state index is 10.5. The molecule has 0 unspecified atom stereocenters. The summed E-state index contributed by atoms with van der Waals surface area (Å²) in [7, 11) is 0. The molecule has 0 saturated heterocycles. The standard InChI is InChI=1S/C13H9ClOS/c14-11(9-15)8-10-4-1-2-5-12(10)13-6-3-7-16-13/h1-9H/b11-8-. The Bertz CT molecular complexity index is 514. The summed E-state index contributed by atoms with van der Waals surface area (Å²) in [6.45, 7) is 0. The number of hydrogen-bond acceptors (Lipinski definition) is 2. The van der Waals surface area contributed by atoms with Crippen LogP contribution in [0, 0.1) is 0 Å². The highest BCUT2D eigenvalue weighted by Crippen LogP contribution is 2.29. The molecular weight excluding hydrogens is 240 g/mol. The van der Waals surface area contributed by atoms with Crippen molar-refractivity contribution >= 4 is 35.3 Å². The van der Waals surface area contributed by atoms with Gasteiger partial charge in [-0.1, -0.05) is 41.9 Å². The van der Waals surface area contributed by atoms with Gasteiger partial charge in [0.25, 0.3) is 0 Å². The van der Waals surface area contributed by atoms with E-state index in [2.05, 4.69) is 0 Å². The highest BCUT2D eigenvalue weighted by molar-refractivity contribution is 7.13. The molecule has 0 saturated carbocycles. The third-order valence-electron chi connectivity index (χ3n) is 2.15. The highest BCUT2D eigenvalue weighted by Gasteiger charge is 2.03. The fraction of sp³-hybridized carbons (Fsp3) is 0. The van der Waals surface area contributed by atoms with E-state index in [9.17, 15) is 4.79 Å². The largest absolute Gasteiger partial charge is 0.297 e. The van der Waals surface area contributed by atoms with Gasteiger partial charge in [-0.25, -0.2) is 0 Å². The van der Waals surface area contributed by atoms with Crippen molar-refractivity contribution in [3.8, 4) is 10.4 Å². The van der Waals surface area contributed by atoms with E-state index in [1.54, 1.807) is 17.4 Å². The summed E-state index contributed by atoms with van der Waals surface area (Å²) in [6.07, 6.45) is 2.33. The molecule has 1 aromatic heterocycles. The first kappa shape index (κ1) is 11.1. The average Bonchev–Trinajstić information content (AvgIpc) is 2.83. The van der Waals surface area contributed by atoms with Crippen molar-refractivity contribution in [3.63, 3.8) is 0 Å². The zero-order valence-electron chi connectivity index (χ0n) is 8.39. The maximum Gasteiger partial charge on any atom is 0.161 e. The average molecular weight is 249 g/mol. The number of thiophene rings is 1. The second-order valence-electron chi connectivity index (χ2n) is 3.21. The lowest BCUT2D eigenvalue weighted by Crippen LogP contribution is -1.81. The molecule has 0 aliphatic heterocycles. The van der Waals surface area contributed by atoms with Crippen molar-refractivity contribution in [3.05, 3.63) is 52.4 Å². The molecule has 0 amide bonds. The molecule has 80 valence electrons. The summed E-state index contributed by atoms with van der Waals surface area (Å²) in [4.78, 5) is 11.7. The molecule has 3 heteroatoms. The van der Waals surface area contributed by atoms with Crippen molar-refractivity contribution < 1.29 is 4.79 Å². The molecule has 0 bridgehead atoms. The van der Waals surface area contributed by atoms with Gasteiger partial charge in [-0.2, -0.15) is 0 Å².